The second-order valence-electron chi connectivity index (χ2n) is 6.99. The van der Waals surface area contributed by atoms with E-state index in [1.54, 1.807) is 24.1 Å². The molecule has 1 saturated heterocycles. The Morgan fingerprint density at radius 3 is 2.64 bits per heavy atom. The molecule has 0 atom stereocenters. The maximum atomic E-state index is 13.0. The molecular formula is C22H27N3O3. The summed E-state index contributed by atoms with van der Waals surface area (Å²) in [6.07, 6.45) is 0.914. The van der Waals surface area contributed by atoms with E-state index in [0.717, 1.165) is 24.2 Å². The number of hydrogen-bond acceptors (Lipinski definition) is 3. The summed E-state index contributed by atoms with van der Waals surface area (Å²) < 4.78 is 4.93. The van der Waals surface area contributed by atoms with Gasteiger partial charge in [0.2, 0.25) is 0 Å². The molecule has 0 saturated carbocycles. The Bertz CT molecular complexity index is 820. The van der Waals surface area contributed by atoms with Crippen LogP contribution in [0.25, 0.3) is 0 Å². The Morgan fingerprint density at radius 2 is 1.93 bits per heavy atom. The van der Waals surface area contributed by atoms with Crippen LogP contribution in [0.1, 0.15) is 27.9 Å². The molecular weight excluding hydrogens is 354 g/mol. The Labute approximate surface area is 166 Å². The van der Waals surface area contributed by atoms with Crippen molar-refractivity contribution in [2.75, 3.05) is 38.3 Å². The summed E-state index contributed by atoms with van der Waals surface area (Å²) in [6.45, 7) is 5.04. The first-order valence-electron chi connectivity index (χ1n) is 9.57. The summed E-state index contributed by atoms with van der Waals surface area (Å²) in [6, 6.07) is 15.4. The fourth-order valence-corrected chi connectivity index (χ4v) is 3.36. The molecule has 0 radical (unpaired) electrons. The number of anilines is 1. The van der Waals surface area contributed by atoms with Crippen LogP contribution in [-0.4, -0.2) is 50.2 Å². The van der Waals surface area contributed by atoms with Crippen LogP contribution < -0.4 is 10.2 Å². The topological polar surface area (TPSA) is 61.9 Å². The normalized spacial score (nSPS) is 14.3. The Balaban J connectivity index is 1.65. The van der Waals surface area contributed by atoms with Crippen LogP contribution in [0.5, 0.6) is 0 Å². The summed E-state index contributed by atoms with van der Waals surface area (Å²) in [4.78, 5) is 28.7. The number of aryl methyl sites for hydroxylation is 1. The first-order valence-corrected chi connectivity index (χ1v) is 9.57. The third-order valence-electron chi connectivity index (χ3n) is 4.80. The molecule has 148 valence electrons. The molecule has 28 heavy (non-hydrogen) atoms. The van der Waals surface area contributed by atoms with E-state index in [9.17, 15) is 9.59 Å². The summed E-state index contributed by atoms with van der Waals surface area (Å²) in [7, 11) is 1.60. The van der Waals surface area contributed by atoms with Crippen LogP contribution in [0.15, 0.2) is 48.5 Å². The molecule has 2 aromatic rings. The number of urea groups is 1. The largest absolute Gasteiger partial charge is 0.383 e. The molecule has 1 heterocycles. The van der Waals surface area contributed by atoms with Crippen molar-refractivity contribution in [1.82, 2.24) is 10.2 Å². The molecule has 0 unspecified atom stereocenters. The standard InChI is InChI=1S/C22H27N3O3/c1-17-5-3-6-18(15-17)16-24-12-4-13-25(22(24)27)20-9-7-19(8-10-20)21(26)23-11-14-28-2/h3,5-10,15H,4,11-14,16H2,1-2H3,(H,23,26). The van der Waals surface area contributed by atoms with E-state index in [1.165, 1.54) is 5.56 Å². The Kier molecular flexibility index (Phi) is 6.66. The SMILES string of the molecule is COCCNC(=O)c1ccc(N2CCCN(Cc3cccc(C)c3)C2=O)cc1. The fraction of sp³-hybridized carbons (Fsp3) is 0.364. The lowest BCUT2D eigenvalue weighted by molar-refractivity contribution is 0.0937. The van der Waals surface area contributed by atoms with E-state index in [-0.39, 0.29) is 11.9 Å². The quantitative estimate of drug-likeness (QED) is 0.749. The molecule has 0 bridgehead atoms. The van der Waals surface area contributed by atoms with Gasteiger partial charge in [0.15, 0.2) is 0 Å². The number of carbonyl (C=O) groups excluding carboxylic acids is 2. The zero-order valence-corrected chi connectivity index (χ0v) is 16.5. The number of amides is 3. The third-order valence-corrected chi connectivity index (χ3v) is 4.80. The van der Waals surface area contributed by atoms with Crippen molar-refractivity contribution in [2.24, 2.45) is 0 Å². The number of benzene rings is 2. The highest BCUT2D eigenvalue weighted by molar-refractivity contribution is 5.96. The van der Waals surface area contributed by atoms with Gasteiger partial charge in [-0.3, -0.25) is 9.69 Å². The molecule has 2 aromatic carbocycles. The Morgan fingerprint density at radius 1 is 1.14 bits per heavy atom. The van der Waals surface area contributed by atoms with Gasteiger partial charge in [-0.05, 0) is 43.2 Å². The van der Waals surface area contributed by atoms with Gasteiger partial charge in [0, 0.05) is 44.5 Å². The van der Waals surface area contributed by atoms with Crippen molar-refractivity contribution in [1.29, 1.82) is 0 Å². The number of methoxy groups -OCH3 is 1. The average Bonchev–Trinajstić information content (AvgIpc) is 2.70. The maximum absolute atomic E-state index is 13.0. The van der Waals surface area contributed by atoms with Gasteiger partial charge >= 0.3 is 6.03 Å². The van der Waals surface area contributed by atoms with Crippen LogP contribution in [0, 0.1) is 6.92 Å². The van der Waals surface area contributed by atoms with Crippen molar-refractivity contribution in [3.05, 3.63) is 65.2 Å². The predicted molar refractivity (Wildman–Crippen MR) is 110 cm³/mol. The number of nitrogens with one attached hydrogen (secondary N) is 1. The molecule has 3 rings (SSSR count). The second kappa shape index (κ2) is 9.37. The molecule has 3 amide bonds. The molecule has 1 fully saturated rings. The summed E-state index contributed by atoms with van der Waals surface area (Å²) >= 11 is 0. The zero-order valence-electron chi connectivity index (χ0n) is 16.5. The lowest BCUT2D eigenvalue weighted by Gasteiger charge is -2.35. The minimum absolute atomic E-state index is 0.00468. The highest BCUT2D eigenvalue weighted by atomic mass is 16.5. The first-order chi connectivity index (χ1) is 13.6. The molecule has 0 spiro atoms. The first kappa shape index (κ1) is 19.9. The van der Waals surface area contributed by atoms with Crippen molar-refractivity contribution >= 4 is 17.6 Å². The predicted octanol–water partition coefficient (Wildman–Crippen LogP) is 3.20. The van der Waals surface area contributed by atoms with Gasteiger partial charge in [-0.1, -0.05) is 29.8 Å². The summed E-state index contributed by atoms with van der Waals surface area (Å²) in [5.41, 5.74) is 3.71. The van der Waals surface area contributed by atoms with Crippen molar-refractivity contribution < 1.29 is 14.3 Å². The van der Waals surface area contributed by atoms with Crippen LogP contribution >= 0.6 is 0 Å². The van der Waals surface area contributed by atoms with Gasteiger partial charge in [-0.25, -0.2) is 4.79 Å². The van der Waals surface area contributed by atoms with E-state index in [0.29, 0.717) is 31.8 Å². The van der Waals surface area contributed by atoms with E-state index in [4.69, 9.17) is 4.74 Å². The highest BCUT2D eigenvalue weighted by Gasteiger charge is 2.26. The number of ether oxygens (including phenoxy) is 1. The monoisotopic (exact) mass is 381 g/mol. The lowest BCUT2D eigenvalue weighted by Crippen LogP contribution is -2.49. The number of carbonyl (C=O) groups is 2. The zero-order chi connectivity index (χ0) is 19.9. The maximum Gasteiger partial charge on any atom is 0.324 e. The molecule has 1 aliphatic rings. The molecule has 6 nitrogen and oxygen atoms in total. The van der Waals surface area contributed by atoms with E-state index < -0.39 is 0 Å². The molecule has 1 aliphatic heterocycles. The van der Waals surface area contributed by atoms with Crippen molar-refractivity contribution in [3.63, 3.8) is 0 Å². The Hall–Kier alpha value is -2.86. The highest BCUT2D eigenvalue weighted by Crippen LogP contribution is 2.22. The number of rotatable bonds is 7. The van der Waals surface area contributed by atoms with Gasteiger partial charge in [0.25, 0.3) is 5.91 Å². The van der Waals surface area contributed by atoms with Gasteiger partial charge < -0.3 is 15.0 Å². The molecule has 0 aliphatic carbocycles. The summed E-state index contributed by atoms with van der Waals surface area (Å²) in [5.74, 6) is -0.144. The number of hydrogen-bond donors (Lipinski definition) is 1. The minimum atomic E-state index is -0.144. The van der Waals surface area contributed by atoms with Crippen molar-refractivity contribution in [3.8, 4) is 0 Å². The molecule has 1 N–H and O–H groups in total. The van der Waals surface area contributed by atoms with Gasteiger partial charge in [0.1, 0.15) is 0 Å². The van der Waals surface area contributed by atoms with E-state index in [2.05, 4.69) is 30.4 Å². The smallest absolute Gasteiger partial charge is 0.324 e. The van der Waals surface area contributed by atoms with Gasteiger partial charge in [-0.2, -0.15) is 0 Å². The van der Waals surface area contributed by atoms with Crippen LogP contribution in [0.2, 0.25) is 0 Å². The van der Waals surface area contributed by atoms with Crippen LogP contribution in [0.4, 0.5) is 10.5 Å². The molecule has 0 aromatic heterocycles. The second-order valence-corrected chi connectivity index (χ2v) is 6.99. The third kappa shape index (κ3) is 4.89. The van der Waals surface area contributed by atoms with Gasteiger partial charge in [-0.15, -0.1) is 0 Å². The number of nitrogens with zero attached hydrogens (tertiary/aromatic N) is 2. The van der Waals surface area contributed by atoms with Crippen LogP contribution in [-0.2, 0) is 11.3 Å². The summed E-state index contributed by atoms with van der Waals surface area (Å²) in [5, 5.41) is 2.79. The van der Waals surface area contributed by atoms with E-state index in [1.807, 2.05) is 23.1 Å². The van der Waals surface area contributed by atoms with Crippen LogP contribution in [0.3, 0.4) is 0 Å². The minimum Gasteiger partial charge on any atom is -0.383 e. The van der Waals surface area contributed by atoms with Crippen molar-refractivity contribution in [2.45, 2.75) is 19.9 Å². The van der Waals surface area contributed by atoms with Gasteiger partial charge in [0.05, 0.1) is 6.61 Å². The molecule has 6 heteroatoms. The fourth-order valence-electron chi connectivity index (χ4n) is 3.36. The van der Waals surface area contributed by atoms with E-state index >= 15 is 0 Å². The lowest BCUT2D eigenvalue weighted by atomic mass is 10.1. The average molecular weight is 381 g/mol.